The molecule has 1 atom stereocenters. The minimum absolute atomic E-state index is 0.0188. The van der Waals surface area contributed by atoms with Crippen LogP contribution in [0, 0.1) is 0 Å². The van der Waals surface area contributed by atoms with Gasteiger partial charge in [0.05, 0.1) is 12.4 Å². The summed E-state index contributed by atoms with van der Waals surface area (Å²) in [7, 11) is 0. The standard InChI is InChI=1S/C20H18Cl2N2/c21-18-8-4-3-7-17(18)20(24-12-11-23-13-24)16-9-10-19(22)15-6-2-1-5-14(15)16/h3-4,7-13,20H,1-2,5-6H2. The second kappa shape index (κ2) is 6.62. The summed E-state index contributed by atoms with van der Waals surface area (Å²) in [5.74, 6) is 0. The van der Waals surface area contributed by atoms with Crippen molar-refractivity contribution in [1.82, 2.24) is 9.55 Å². The number of nitrogens with zero attached hydrogens (tertiary/aromatic N) is 2. The number of aromatic nitrogens is 2. The van der Waals surface area contributed by atoms with Crippen molar-refractivity contribution in [3.63, 3.8) is 0 Å². The number of imidazole rings is 1. The first-order valence-corrected chi connectivity index (χ1v) is 9.03. The molecule has 1 heterocycles. The van der Waals surface area contributed by atoms with E-state index in [9.17, 15) is 0 Å². The fraction of sp³-hybridized carbons (Fsp3) is 0.250. The second-order valence-corrected chi connectivity index (χ2v) is 7.05. The maximum Gasteiger partial charge on any atom is 0.0954 e. The molecule has 0 aliphatic heterocycles. The van der Waals surface area contributed by atoms with Crippen LogP contribution < -0.4 is 0 Å². The summed E-state index contributed by atoms with van der Waals surface area (Å²) in [5.41, 5.74) is 5.05. The topological polar surface area (TPSA) is 17.8 Å². The molecule has 122 valence electrons. The summed E-state index contributed by atoms with van der Waals surface area (Å²) < 4.78 is 2.12. The molecule has 0 saturated carbocycles. The van der Waals surface area contributed by atoms with E-state index in [0.717, 1.165) is 28.5 Å². The summed E-state index contributed by atoms with van der Waals surface area (Å²) in [6.45, 7) is 0. The molecule has 0 saturated heterocycles. The van der Waals surface area contributed by atoms with Crippen LogP contribution in [0.3, 0.4) is 0 Å². The molecular weight excluding hydrogens is 339 g/mol. The molecule has 1 unspecified atom stereocenters. The molecule has 0 N–H and O–H groups in total. The van der Waals surface area contributed by atoms with E-state index in [2.05, 4.69) is 21.7 Å². The number of fused-ring (bicyclic) bond motifs is 1. The van der Waals surface area contributed by atoms with Crippen molar-refractivity contribution in [2.75, 3.05) is 0 Å². The van der Waals surface area contributed by atoms with E-state index in [-0.39, 0.29) is 6.04 Å². The zero-order chi connectivity index (χ0) is 16.5. The maximum atomic E-state index is 6.54. The van der Waals surface area contributed by atoms with Gasteiger partial charge in [-0.2, -0.15) is 0 Å². The van der Waals surface area contributed by atoms with Crippen LogP contribution in [0.5, 0.6) is 0 Å². The Morgan fingerprint density at radius 2 is 1.67 bits per heavy atom. The van der Waals surface area contributed by atoms with Crippen LogP contribution in [-0.4, -0.2) is 9.55 Å². The van der Waals surface area contributed by atoms with Gasteiger partial charge in [-0.1, -0.05) is 47.5 Å². The zero-order valence-corrected chi connectivity index (χ0v) is 14.8. The lowest BCUT2D eigenvalue weighted by Gasteiger charge is -2.27. The smallest absolute Gasteiger partial charge is 0.0954 e. The number of halogens is 2. The van der Waals surface area contributed by atoms with E-state index < -0.39 is 0 Å². The highest BCUT2D eigenvalue weighted by Crippen LogP contribution is 2.38. The maximum absolute atomic E-state index is 6.54. The Kier molecular flexibility index (Phi) is 4.34. The van der Waals surface area contributed by atoms with Gasteiger partial charge in [-0.25, -0.2) is 4.98 Å². The van der Waals surface area contributed by atoms with Gasteiger partial charge in [-0.15, -0.1) is 0 Å². The molecule has 0 amide bonds. The van der Waals surface area contributed by atoms with Crippen LogP contribution in [0.4, 0.5) is 0 Å². The van der Waals surface area contributed by atoms with Gasteiger partial charge in [0.15, 0.2) is 0 Å². The molecule has 2 nitrogen and oxygen atoms in total. The summed E-state index contributed by atoms with van der Waals surface area (Å²) >= 11 is 13.0. The highest BCUT2D eigenvalue weighted by atomic mass is 35.5. The van der Waals surface area contributed by atoms with E-state index in [4.69, 9.17) is 23.2 Å². The van der Waals surface area contributed by atoms with Gasteiger partial charge >= 0.3 is 0 Å². The van der Waals surface area contributed by atoms with Crippen LogP contribution in [0.15, 0.2) is 55.1 Å². The Balaban J connectivity index is 1.94. The minimum Gasteiger partial charge on any atom is -0.326 e. The fourth-order valence-electron chi connectivity index (χ4n) is 3.72. The molecule has 0 bridgehead atoms. The molecular formula is C20H18Cl2N2. The average Bonchev–Trinajstić information content (AvgIpc) is 3.13. The monoisotopic (exact) mass is 356 g/mol. The van der Waals surface area contributed by atoms with Crippen molar-refractivity contribution < 1.29 is 0 Å². The van der Waals surface area contributed by atoms with Crippen LogP contribution in [0.1, 0.15) is 41.1 Å². The highest BCUT2D eigenvalue weighted by molar-refractivity contribution is 6.32. The Labute approximate surface area is 152 Å². The second-order valence-electron chi connectivity index (χ2n) is 6.23. The van der Waals surface area contributed by atoms with Crippen molar-refractivity contribution in [3.8, 4) is 0 Å². The molecule has 1 aromatic heterocycles. The van der Waals surface area contributed by atoms with Gasteiger partial charge in [-0.3, -0.25) is 0 Å². The molecule has 4 rings (SSSR count). The number of benzene rings is 2. The lowest BCUT2D eigenvalue weighted by molar-refractivity contribution is 0.635. The minimum atomic E-state index is 0.0188. The molecule has 0 radical (unpaired) electrons. The van der Waals surface area contributed by atoms with Crippen molar-refractivity contribution in [2.45, 2.75) is 31.7 Å². The molecule has 24 heavy (non-hydrogen) atoms. The zero-order valence-electron chi connectivity index (χ0n) is 13.3. The van der Waals surface area contributed by atoms with Crippen molar-refractivity contribution in [1.29, 1.82) is 0 Å². The predicted molar refractivity (Wildman–Crippen MR) is 99.0 cm³/mol. The van der Waals surface area contributed by atoms with Gasteiger partial charge < -0.3 is 4.57 Å². The largest absolute Gasteiger partial charge is 0.326 e. The third-order valence-corrected chi connectivity index (χ3v) is 5.53. The number of hydrogen-bond acceptors (Lipinski definition) is 1. The molecule has 1 aliphatic carbocycles. The average molecular weight is 357 g/mol. The predicted octanol–water partition coefficient (Wildman–Crippen LogP) is 5.71. The quantitative estimate of drug-likeness (QED) is 0.587. The first-order valence-electron chi connectivity index (χ1n) is 8.27. The number of hydrogen-bond donors (Lipinski definition) is 0. The third kappa shape index (κ3) is 2.74. The highest BCUT2D eigenvalue weighted by Gasteiger charge is 2.25. The first kappa shape index (κ1) is 15.7. The van der Waals surface area contributed by atoms with E-state index in [0.29, 0.717) is 0 Å². The van der Waals surface area contributed by atoms with Crippen molar-refractivity contribution >= 4 is 23.2 Å². The Morgan fingerprint density at radius 3 is 2.42 bits per heavy atom. The van der Waals surface area contributed by atoms with Gasteiger partial charge in [0, 0.05) is 22.4 Å². The molecule has 4 heteroatoms. The SMILES string of the molecule is Clc1ccccc1C(c1ccc(Cl)c2c1CCCC2)n1ccnc1. The Hall–Kier alpha value is -1.77. The summed E-state index contributed by atoms with van der Waals surface area (Å²) in [4.78, 5) is 4.25. The van der Waals surface area contributed by atoms with Gasteiger partial charge in [0.25, 0.3) is 0 Å². The molecule has 0 spiro atoms. The Bertz CT molecular complexity index is 856. The molecule has 2 aromatic carbocycles. The van der Waals surface area contributed by atoms with E-state index in [1.807, 2.05) is 43.0 Å². The van der Waals surface area contributed by atoms with Gasteiger partial charge in [0.1, 0.15) is 0 Å². The first-order chi connectivity index (χ1) is 11.8. The lowest BCUT2D eigenvalue weighted by Crippen LogP contribution is -2.16. The van der Waals surface area contributed by atoms with Crippen molar-refractivity contribution in [2.24, 2.45) is 0 Å². The van der Waals surface area contributed by atoms with E-state index in [1.165, 1.54) is 29.5 Å². The van der Waals surface area contributed by atoms with Crippen LogP contribution >= 0.6 is 23.2 Å². The summed E-state index contributed by atoms with van der Waals surface area (Å²) in [6, 6.07) is 12.2. The van der Waals surface area contributed by atoms with Gasteiger partial charge in [-0.05, 0) is 60.1 Å². The van der Waals surface area contributed by atoms with Gasteiger partial charge in [0.2, 0.25) is 0 Å². The molecule has 3 aromatic rings. The lowest BCUT2D eigenvalue weighted by atomic mass is 9.84. The van der Waals surface area contributed by atoms with Crippen molar-refractivity contribution in [3.05, 3.63) is 87.4 Å². The molecule has 0 fully saturated rings. The van der Waals surface area contributed by atoms with Crippen LogP contribution in [0.2, 0.25) is 10.0 Å². The fourth-order valence-corrected chi connectivity index (χ4v) is 4.23. The van der Waals surface area contributed by atoms with E-state index in [1.54, 1.807) is 0 Å². The third-order valence-electron chi connectivity index (χ3n) is 4.83. The molecule has 1 aliphatic rings. The summed E-state index contributed by atoms with van der Waals surface area (Å²) in [6.07, 6.45) is 10.2. The van der Waals surface area contributed by atoms with E-state index >= 15 is 0 Å². The Morgan fingerprint density at radius 1 is 0.875 bits per heavy atom. The van der Waals surface area contributed by atoms with Crippen LogP contribution in [-0.2, 0) is 12.8 Å². The summed E-state index contributed by atoms with van der Waals surface area (Å²) in [5, 5.41) is 1.66. The normalized spacial score (nSPS) is 15.1. The number of rotatable bonds is 3. The van der Waals surface area contributed by atoms with Crippen LogP contribution in [0.25, 0.3) is 0 Å².